The molecule has 0 rings (SSSR count). The van der Waals surface area contributed by atoms with Crippen LogP contribution in [0.2, 0.25) is 0 Å². The third kappa shape index (κ3) is 5.41. The van der Waals surface area contributed by atoms with Crippen LogP contribution in [-0.4, -0.2) is 36.8 Å². The molecule has 0 heterocycles. The first-order valence-electron chi connectivity index (χ1n) is 5.99. The normalized spacial score (nSPS) is 15.7. The monoisotopic (exact) mass is 366 g/mol. The maximum Gasteiger partial charge on any atom is 0.459 e. The Hall–Kier alpha value is -1.23. The van der Waals surface area contributed by atoms with E-state index in [4.69, 9.17) is 0 Å². The van der Waals surface area contributed by atoms with E-state index in [0.29, 0.717) is 0 Å². The van der Waals surface area contributed by atoms with E-state index in [1.807, 2.05) is 0 Å². The molecule has 0 saturated heterocycles. The molecule has 2 nitrogen and oxygen atoms in total. The van der Waals surface area contributed by atoms with Gasteiger partial charge in [0.1, 0.15) is 0 Å². The largest absolute Gasteiger partial charge is 0.465 e. The van der Waals surface area contributed by atoms with Gasteiger partial charge in [0, 0.05) is 6.42 Å². The van der Waals surface area contributed by atoms with Gasteiger partial charge in [-0.15, -0.1) is 0 Å². The summed E-state index contributed by atoms with van der Waals surface area (Å²) < 4.78 is 129. The number of esters is 1. The average molecular weight is 366 g/mol. The SMILES string of the molecule is CC(C)COC(=O)C(CC(F)(F)C(F)(F)C(F)(F)F)C(F)(F)F. The molecule has 0 radical (unpaired) electrons. The quantitative estimate of drug-likeness (QED) is 0.508. The van der Waals surface area contributed by atoms with Crippen LogP contribution < -0.4 is 0 Å². The van der Waals surface area contributed by atoms with Crippen molar-refractivity contribution in [3.05, 3.63) is 0 Å². The molecule has 1 atom stereocenters. The summed E-state index contributed by atoms with van der Waals surface area (Å²) in [5.41, 5.74) is 0. The predicted octanol–water partition coefficient (Wildman–Crippen LogP) is 4.59. The van der Waals surface area contributed by atoms with Gasteiger partial charge in [-0.3, -0.25) is 4.79 Å². The number of rotatable bonds is 6. The lowest BCUT2D eigenvalue weighted by atomic mass is 9.96. The molecule has 12 heteroatoms. The van der Waals surface area contributed by atoms with E-state index in [1.54, 1.807) is 0 Å². The number of carbonyl (C=O) groups is 1. The van der Waals surface area contributed by atoms with Gasteiger partial charge in [0.15, 0.2) is 5.92 Å². The first kappa shape index (κ1) is 21.8. The Kier molecular flexibility index (Phi) is 6.36. The zero-order valence-electron chi connectivity index (χ0n) is 11.7. The van der Waals surface area contributed by atoms with E-state index in [2.05, 4.69) is 4.74 Å². The van der Waals surface area contributed by atoms with E-state index in [9.17, 15) is 48.7 Å². The maximum absolute atomic E-state index is 13.1. The number of hydrogen-bond donors (Lipinski definition) is 0. The highest BCUT2D eigenvalue weighted by atomic mass is 19.4. The van der Waals surface area contributed by atoms with Crippen LogP contribution >= 0.6 is 0 Å². The number of alkyl halides is 10. The molecule has 0 N–H and O–H groups in total. The van der Waals surface area contributed by atoms with Crippen molar-refractivity contribution >= 4 is 5.97 Å². The Morgan fingerprint density at radius 3 is 1.65 bits per heavy atom. The summed E-state index contributed by atoms with van der Waals surface area (Å²) in [7, 11) is 0. The van der Waals surface area contributed by atoms with E-state index in [1.165, 1.54) is 13.8 Å². The van der Waals surface area contributed by atoms with Crippen molar-refractivity contribution in [2.75, 3.05) is 6.61 Å². The third-order valence-corrected chi connectivity index (χ3v) is 2.51. The van der Waals surface area contributed by atoms with E-state index in [0.717, 1.165) is 0 Å². The van der Waals surface area contributed by atoms with Crippen molar-refractivity contribution < 1.29 is 53.4 Å². The Balaban J connectivity index is 5.44. The summed E-state index contributed by atoms with van der Waals surface area (Å²) in [6, 6.07) is 0. The fourth-order valence-corrected chi connectivity index (χ4v) is 1.27. The third-order valence-electron chi connectivity index (χ3n) is 2.51. The van der Waals surface area contributed by atoms with Crippen LogP contribution in [0.1, 0.15) is 20.3 Å². The van der Waals surface area contributed by atoms with Gasteiger partial charge < -0.3 is 4.74 Å². The Morgan fingerprint density at radius 1 is 0.913 bits per heavy atom. The van der Waals surface area contributed by atoms with Crippen LogP contribution in [0.25, 0.3) is 0 Å². The second-order valence-electron chi connectivity index (χ2n) is 5.10. The van der Waals surface area contributed by atoms with Gasteiger partial charge >= 0.3 is 30.2 Å². The van der Waals surface area contributed by atoms with Crippen molar-refractivity contribution in [1.82, 2.24) is 0 Å². The maximum atomic E-state index is 13.1. The summed E-state index contributed by atoms with van der Waals surface area (Å²) in [4.78, 5) is 11.1. The van der Waals surface area contributed by atoms with Gasteiger partial charge in [0.25, 0.3) is 0 Å². The molecule has 0 saturated carbocycles. The lowest BCUT2D eigenvalue weighted by Gasteiger charge is -2.31. The van der Waals surface area contributed by atoms with Crippen molar-refractivity contribution in [3.63, 3.8) is 0 Å². The predicted molar refractivity (Wildman–Crippen MR) is 55.9 cm³/mol. The summed E-state index contributed by atoms with van der Waals surface area (Å²) >= 11 is 0. The first-order valence-corrected chi connectivity index (χ1v) is 5.99. The van der Waals surface area contributed by atoms with Crippen molar-refractivity contribution in [2.45, 2.75) is 44.5 Å². The summed E-state index contributed by atoms with van der Waals surface area (Å²) in [6.07, 6.45) is -15.6. The second-order valence-corrected chi connectivity index (χ2v) is 5.10. The molecule has 0 aliphatic carbocycles. The molecule has 0 spiro atoms. The van der Waals surface area contributed by atoms with Gasteiger partial charge in [0.05, 0.1) is 6.61 Å². The van der Waals surface area contributed by atoms with E-state index in [-0.39, 0.29) is 0 Å². The topological polar surface area (TPSA) is 26.3 Å². The van der Waals surface area contributed by atoms with Gasteiger partial charge in [-0.25, -0.2) is 0 Å². The molecule has 0 aliphatic rings. The van der Waals surface area contributed by atoms with Crippen molar-refractivity contribution in [1.29, 1.82) is 0 Å². The van der Waals surface area contributed by atoms with Crippen LogP contribution in [0, 0.1) is 11.8 Å². The summed E-state index contributed by atoms with van der Waals surface area (Å²) in [5, 5.41) is 0. The van der Waals surface area contributed by atoms with E-state index < -0.39 is 55.0 Å². The highest BCUT2D eigenvalue weighted by molar-refractivity contribution is 5.73. The van der Waals surface area contributed by atoms with Gasteiger partial charge in [-0.2, -0.15) is 43.9 Å². The van der Waals surface area contributed by atoms with Crippen molar-refractivity contribution in [2.24, 2.45) is 11.8 Å². The number of ether oxygens (including phenoxy) is 1. The molecule has 138 valence electrons. The molecule has 0 aliphatic heterocycles. The highest BCUT2D eigenvalue weighted by Crippen LogP contribution is 2.50. The average Bonchev–Trinajstić information content (AvgIpc) is 2.30. The smallest absolute Gasteiger partial charge is 0.459 e. The first-order chi connectivity index (χ1) is 9.93. The van der Waals surface area contributed by atoms with Crippen molar-refractivity contribution in [3.8, 4) is 0 Å². The molecule has 0 amide bonds. The fourth-order valence-electron chi connectivity index (χ4n) is 1.27. The minimum atomic E-state index is -6.78. The van der Waals surface area contributed by atoms with Crippen LogP contribution in [-0.2, 0) is 9.53 Å². The van der Waals surface area contributed by atoms with E-state index >= 15 is 0 Å². The molecule has 0 aromatic heterocycles. The number of halogens is 10. The summed E-state index contributed by atoms with van der Waals surface area (Å²) in [5.74, 6) is -19.6. The molecule has 1 unspecified atom stereocenters. The second kappa shape index (κ2) is 6.71. The van der Waals surface area contributed by atoms with Gasteiger partial charge in [-0.1, -0.05) is 13.8 Å². The van der Waals surface area contributed by atoms with Crippen LogP contribution in [0.5, 0.6) is 0 Å². The standard InChI is InChI=1S/C11H12F10O2/c1-5(2)4-23-7(22)6(9(14,15)16)3-8(12,13)10(17,18)11(19,20)21/h5-6H,3-4H2,1-2H3. The van der Waals surface area contributed by atoms with Crippen LogP contribution in [0.15, 0.2) is 0 Å². The number of carbonyl (C=O) groups excluding carboxylic acids is 1. The summed E-state index contributed by atoms with van der Waals surface area (Å²) in [6.45, 7) is 2.11. The Bertz CT molecular complexity index is 410. The molecule has 23 heavy (non-hydrogen) atoms. The van der Waals surface area contributed by atoms with Crippen LogP contribution in [0.4, 0.5) is 43.9 Å². The van der Waals surface area contributed by atoms with Gasteiger partial charge in [-0.05, 0) is 5.92 Å². The zero-order valence-corrected chi connectivity index (χ0v) is 11.7. The number of hydrogen-bond acceptors (Lipinski definition) is 2. The minimum absolute atomic E-state index is 0.509. The molecule has 0 fully saturated rings. The fraction of sp³-hybridized carbons (Fsp3) is 0.909. The molecular formula is C11H12F10O2. The molecular weight excluding hydrogens is 354 g/mol. The Labute approximate surface area is 123 Å². The molecule has 0 aromatic rings. The van der Waals surface area contributed by atoms with Crippen LogP contribution in [0.3, 0.4) is 0 Å². The zero-order chi connectivity index (χ0) is 18.9. The lowest BCUT2D eigenvalue weighted by Crippen LogP contribution is -2.54. The minimum Gasteiger partial charge on any atom is -0.465 e. The Morgan fingerprint density at radius 2 is 1.35 bits per heavy atom. The molecule has 0 bridgehead atoms. The molecule has 0 aromatic carbocycles. The highest BCUT2D eigenvalue weighted by Gasteiger charge is 2.74. The van der Waals surface area contributed by atoms with Gasteiger partial charge in [0.2, 0.25) is 0 Å². The lowest BCUT2D eigenvalue weighted by molar-refractivity contribution is -0.361.